The first-order valence-corrected chi connectivity index (χ1v) is 8.76. The van der Waals surface area contributed by atoms with Gasteiger partial charge in [0.25, 0.3) is 5.89 Å². The third kappa shape index (κ3) is 4.22. The maximum Gasteiger partial charge on any atom is 0.417 e. The van der Waals surface area contributed by atoms with Crippen molar-refractivity contribution in [3.8, 4) is 28.6 Å². The molecular formula is C19H17ClF3N3O2. The summed E-state index contributed by atoms with van der Waals surface area (Å²) in [4.78, 5) is 4.11. The molecule has 1 N–H and O–H groups in total. The number of aromatic nitrogens is 2. The number of nitrogens with zero attached hydrogens (tertiary/aromatic N) is 2. The average Bonchev–Trinajstić information content (AvgIpc) is 3.12. The van der Waals surface area contributed by atoms with Crippen molar-refractivity contribution in [3.05, 3.63) is 47.0 Å². The van der Waals surface area contributed by atoms with Gasteiger partial charge in [0, 0.05) is 18.3 Å². The number of nitrogens with one attached hydrogen (secondary N) is 1. The van der Waals surface area contributed by atoms with Gasteiger partial charge in [-0.3, -0.25) is 0 Å². The number of rotatable bonds is 5. The van der Waals surface area contributed by atoms with Crippen molar-refractivity contribution >= 4 is 17.3 Å². The molecule has 0 unspecified atom stereocenters. The lowest BCUT2D eigenvalue weighted by Crippen LogP contribution is -2.08. The summed E-state index contributed by atoms with van der Waals surface area (Å²) in [7, 11) is 1.54. The summed E-state index contributed by atoms with van der Waals surface area (Å²) in [5.41, 5.74) is -0.246. The molecule has 1 aromatic heterocycles. The van der Waals surface area contributed by atoms with Gasteiger partial charge in [-0.25, -0.2) is 0 Å². The second-order valence-corrected chi connectivity index (χ2v) is 6.65. The molecule has 3 aromatic rings. The van der Waals surface area contributed by atoms with Crippen LogP contribution in [0.3, 0.4) is 0 Å². The summed E-state index contributed by atoms with van der Waals surface area (Å²) in [6.45, 7) is 3.74. The maximum absolute atomic E-state index is 13.4. The second kappa shape index (κ2) is 7.71. The van der Waals surface area contributed by atoms with E-state index in [1.54, 1.807) is 18.2 Å². The number of anilines is 1. The number of alkyl halides is 3. The van der Waals surface area contributed by atoms with E-state index in [0.717, 1.165) is 6.07 Å². The minimum absolute atomic E-state index is 0.0542. The Morgan fingerprint density at radius 3 is 2.50 bits per heavy atom. The largest absolute Gasteiger partial charge is 0.489 e. The molecule has 2 aromatic carbocycles. The van der Waals surface area contributed by atoms with E-state index in [-0.39, 0.29) is 23.4 Å². The molecule has 0 aliphatic heterocycles. The number of hydrogen-bond acceptors (Lipinski definition) is 5. The van der Waals surface area contributed by atoms with Crippen molar-refractivity contribution in [3.63, 3.8) is 0 Å². The predicted molar refractivity (Wildman–Crippen MR) is 100 cm³/mol. The van der Waals surface area contributed by atoms with Crippen LogP contribution in [0.25, 0.3) is 22.8 Å². The quantitative estimate of drug-likeness (QED) is 0.566. The third-order valence-electron chi connectivity index (χ3n) is 3.82. The summed E-state index contributed by atoms with van der Waals surface area (Å²) in [6.07, 6.45) is -4.63. The highest BCUT2D eigenvalue weighted by molar-refractivity contribution is 6.32. The molecule has 0 saturated carbocycles. The molecule has 0 radical (unpaired) electrons. The number of benzene rings is 2. The van der Waals surface area contributed by atoms with Gasteiger partial charge in [0.05, 0.1) is 22.3 Å². The van der Waals surface area contributed by atoms with Gasteiger partial charge in [0.1, 0.15) is 5.75 Å². The average molecular weight is 412 g/mol. The predicted octanol–water partition coefficient (Wildman–Crippen LogP) is 5.90. The molecule has 28 heavy (non-hydrogen) atoms. The van der Waals surface area contributed by atoms with Gasteiger partial charge in [-0.15, -0.1) is 0 Å². The van der Waals surface area contributed by atoms with E-state index in [2.05, 4.69) is 15.5 Å². The Balaban J connectivity index is 1.98. The van der Waals surface area contributed by atoms with Gasteiger partial charge in [-0.2, -0.15) is 18.2 Å². The first-order chi connectivity index (χ1) is 13.2. The number of ether oxygens (including phenoxy) is 1. The van der Waals surface area contributed by atoms with Crippen LogP contribution in [0.2, 0.25) is 5.02 Å². The molecule has 0 aliphatic rings. The zero-order valence-corrected chi connectivity index (χ0v) is 16.0. The summed E-state index contributed by atoms with van der Waals surface area (Å²) in [6, 6.07) is 8.67. The molecule has 1 heterocycles. The van der Waals surface area contributed by atoms with Crippen LogP contribution < -0.4 is 10.1 Å². The first kappa shape index (κ1) is 20.0. The van der Waals surface area contributed by atoms with Crippen molar-refractivity contribution in [1.82, 2.24) is 10.1 Å². The molecule has 9 heteroatoms. The van der Waals surface area contributed by atoms with Gasteiger partial charge < -0.3 is 14.6 Å². The van der Waals surface area contributed by atoms with E-state index >= 15 is 0 Å². The van der Waals surface area contributed by atoms with Crippen molar-refractivity contribution in [2.75, 3.05) is 12.4 Å². The van der Waals surface area contributed by atoms with Crippen molar-refractivity contribution in [2.24, 2.45) is 0 Å². The Kier molecular flexibility index (Phi) is 5.51. The Morgan fingerprint density at radius 2 is 1.89 bits per heavy atom. The van der Waals surface area contributed by atoms with Crippen LogP contribution in [-0.4, -0.2) is 23.3 Å². The van der Waals surface area contributed by atoms with Crippen LogP contribution >= 0.6 is 11.6 Å². The van der Waals surface area contributed by atoms with E-state index in [1.165, 1.54) is 19.2 Å². The zero-order valence-electron chi connectivity index (χ0n) is 15.3. The highest BCUT2D eigenvalue weighted by atomic mass is 35.5. The van der Waals surface area contributed by atoms with Crippen LogP contribution in [-0.2, 0) is 6.18 Å². The monoisotopic (exact) mass is 411 g/mol. The third-order valence-corrected chi connectivity index (χ3v) is 4.12. The van der Waals surface area contributed by atoms with Gasteiger partial charge >= 0.3 is 6.18 Å². The Morgan fingerprint density at radius 1 is 1.14 bits per heavy atom. The molecule has 0 amide bonds. The van der Waals surface area contributed by atoms with E-state index in [1.807, 2.05) is 13.8 Å². The first-order valence-electron chi connectivity index (χ1n) is 8.38. The highest BCUT2D eigenvalue weighted by Crippen LogP contribution is 2.39. The lowest BCUT2D eigenvalue weighted by Gasteiger charge is -2.12. The second-order valence-electron chi connectivity index (χ2n) is 6.24. The van der Waals surface area contributed by atoms with E-state index in [9.17, 15) is 13.2 Å². The van der Waals surface area contributed by atoms with Crippen molar-refractivity contribution < 1.29 is 22.4 Å². The van der Waals surface area contributed by atoms with Crippen LogP contribution in [0.1, 0.15) is 19.4 Å². The molecule has 0 atom stereocenters. The molecule has 5 nitrogen and oxygen atoms in total. The van der Waals surface area contributed by atoms with Gasteiger partial charge in [-0.1, -0.05) is 16.8 Å². The minimum atomic E-state index is -4.57. The lowest BCUT2D eigenvalue weighted by molar-refractivity contribution is -0.137. The molecule has 0 spiro atoms. The van der Waals surface area contributed by atoms with Gasteiger partial charge in [0.2, 0.25) is 5.82 Å². The SMILES string of the molecule is CNc1ccc(-c2nc(-c3ccc(OC(C)C)c(Cl)c3)no2)c(C(F)(F)F)c1. The Hall–Kier alpha value is -2.74. The molecule has 0 saturated heterocycles. The minimum Gasteiger partial charge on any atom is -0.489 e. The van der Waals surface area contributed by atoms with Gasteiger partial charge in [-0.05, 0) is 50.2 Å². The fourth-order valence-electron chi connectivity index (χ4n) is 2.56. The Labute approximate surface area is 164 Å². The smallest absolute Gasteiger partial charge is 0.417 e. The van der Waals surface area contributed by atoms with Crippen LogP contribution in [0.15, 0.2) is 40.9 Å². The standard InChI is InChI=1S/C19H17ClF3N3O2/c1-10(2)27-16-7-4-11(8-15(16)20)17-25-18(28-26-17)13-6-5-12(24-3)9-14(13)19(21,22)23/h4-10,24H,1-3H3. The fourth-order valence-corrected chi connectivity index (χ4v) is 2.79. The molecule has 0 bridgehead atoms. The van der Waals surface area contributed by atoms with Crippen LogP contribution in [0.4, 0.5) is 18.9 Å². The Bertz CT molecular complexity index is 987. The molecule has 0 aliphatic carbocycles. The molecule has 0 fully saturated rings. The van der Waals surface area contributed by atoms with Crippen molar-refractivity contribution in [1.29, 1.82) is 0 Å². The summed E-state index contributed by atoms with van der Waals surface area (Å²) in [5.74, 6) is 0.383. The van der Waals surface area contributed by atoms with Crippen LogP contribution in [0.5, 0.6) is 5.75 Å². The zero-order chi connectivity index (χ0) is 20.5. The number of halogens is 4. The summed E-state index contributed by atoms with van der Waals surface area (Å²) >= 11 is 6.20. The normalized spacial score (nSPS) is 11.7. The maximum atomic E-state index is 13.4. The highest BCUT2D eigenvalue weighted by Gasteiger charge is 2.35. The number of hydrogen-bond donors (Lipinski definition) is 1. The van der Waals surface area contributed by atoms with Crippen LogP contribution in [0, 0.1) is 0 Å². The van der Waals surface area contributed by atoms with Crippen molar-refractivity contribution in [2.45, 2.75) is 26.1 Å². The fraction of sp³-hybridized carbons (Fsp3) is 0.263. The van der Waals surface area contributed by atoms with E-state index in [4.69, 9.17) is 20.9 Å². The lowest BCUT2D eigenvalue weighted by atomic mass is 10.1. The van der Waals surface area contributed by atoms with E-state index < -0.39 is 11.7 Å². The molecular weight excluding hydrogens is 395 g/mol. The van der Waals surface area contributed by atoms with Gasteiger partial charge in [0.15, 0.2) is 0 Å². The summed E-state index contributed by atoms with van der Waals surface area (Å²) in [5, 5.41) is 6.81. The topological polar surface area (TPSA) is 60.2 Å². The van der Waals surface area contributed by atoms with E-state index in [0.29, 0.717) is 22.0 Å². The molecule has 148 valence electrons. The summed E-state index contributed by atoms with van der Waals surface area (Å²) < 4.78 is 50.9. The molecule has 3 rings (SSSR count).